The van der Waals surface area contributed by atoms with Crippen molar-refractivity contribution in [2.24, 2.45) is 0 Å². The van der Waals surface area contributed by atoms with E-state index in [0.29, 0.717) is 6.42 Å². The molecule has 0 spiro atoms. The van der Waals surface area contributed by atoms with Gasteiger partial charge in [0.15, 0.2) is 6.61 Å². The molecule has 4 nitrogen and oxygen atoms in total. The molecule has 0 aromatic carbocycles. The lowest BCUT2D eigenvalue weighted by atomic mass is 10.1. The number of cyclic esters (lactones) is 2. The lowest BCUT2D eigenvalue weighted by Gasteiger charge is -2.24. The number of hydrogen-bond donors (Lipinski definition) is 0. The van der Waals surface area contributed by atoms with E-state index in [9.17, 15) is 22.4 Å². The molecule has 8 heteroatoms. The number of hydrogen-bond acceptors (Lipinski definition) is 4. The van der Waals surface area contributed by atoms with Gasteiger partial charge in [-0.15, -0.1) is 0 Å². The Balaban J connectivity index is 2.57. The van der Waals surface area contributed by atoms with Crippen LogP contribution in [-0.2, 0) is 14.2 Å². The van der Waals surface area contributed by atoms with Crippen molar-refractivity contribution in [1.82, 2.24) is 0 Å². The minimum Gasteiger partial charge on any atom is -0.427 e. The SMILES string of the molecule is CCCCC1(OC/C=C(/F)C(F)(F)F)COC(=O)O1. The van der Waals surface area contributed by atoms with Crippen molar-refractivity contribution in [2.45, 2.75) is 38.1 Å². The molecule has 1 unspecified atom stereocenters. The van der Waals surface area contributed by atoms with E-state index in [1.54, 1.807) is 0 Å². The van der Waals surface area contributed by atoms with E-state index in [-0.39, 0.29) is 19.1 Å². The largest absolute Gasteiger partial charge is 0.511 e. The van der Waals surface area contributed by atoms with Crippen LogP contribution < -0.4 is 0 Å². The van der Waals surface area contributed by atoms with Gasteiger partial charge in [0.1, 0.15) is 0 Å². The van der Waals surface area contributed by atoms with E-state index in [2.05, 4.69) is 4.74 Å². The Kier molecular flexibility index (Phi) is 5.16. The zero-order chi connectivity index (χ0) is 14.5. The third-order valence-corrected chi connectivity index (χ3v) is 2.47. The first-order valence-electron chi connectivity index (χ1n) is 5.72. The van der Waals surface area contributed by atoms with Crippen LogP contribution in [0.15, 0.2) is 11.9 Å². The topological polar surface area (TPSA) is 44.8 Å². The fraction of sp³-hybridized carbons (Fsp3) is 0.727. The average Bonchev–Trinajstić information content (AvgIpc) is 2.68. The van der Waals surface area contributed by atoms with Gasteiger partial charge in [-0.25, -0.2) is 9.18 Å². The number of alkyl halides is 3. The summed E-state index contributed by atoms with van der Waals surface area (Å²) in [6.45, 7) is 1.01. The number of ether oxygens (including phenoxy) is 3. The number of allylic oxidation sites excluding steroid dienone is 1. The molecule has 0 saturated carbocycles. The zero-order valence-corrected chi connectivity index (χ0v) is 10.3. The smallest absolute Gasteiger partial charge is 0.427 e. The van der Waals surface area contributed by atoms with E-state index in [1.165, 1.54) is 0 Å². The Hall–Kier alpha value is -1.31. The van der Waals surface area contributed by atoms with Gasteiger partial charge in [0.05, 0.1) is 6.61 Å². The molecular weight excluding hydrogens is 272 g/mol. The van der Waals surface area contributed by atoms with E-state index in [1.807, 2.05) is 6.92 Å². The van der Waals surface area contributed by atoms with Crippen LogP contribution in [0.1, 0.15) is 26.2 Å². The molecule has 0 amide bonds. The molecule has 1 aliphatic rings. The van der Waals surface area contributed by atoms with Crippen LogP contribution >= 0.6 is 0 Å². The molecule has 1 aliphatic heterocycles. The average molecular weight is 286 g/mol. The molecular formula is C11H14F4O4. The van der Waals surface area contributed by atoms with Crippen molar-refractivity contribution in [1.29, 1.82) is 0 Å². The van der Waals surface area contributed by atoms with E-state index < -0.39 is 30.6 Å². The first-order chi connectivity index (χ1) is 8.79. The molecule has 110 valence electrons. The predicted molar refractivity (Wildman–Crippen MR) is 55.9 cm³/mol. The van der Waals surface area contributed by atoms with Gasteiger partial charge in [0, 0.05) is 6.42 Å². The molecule has 0 aromatic heterocycles. The second-order valence-corrected chi connectivity index (χ2v) is 4.02. The van der Waals surface area contributed by atoms with Gasteiger partial charge < -0.3 is 14.2 Å². The Morgan fingerprint density at radius 3 is 2.68 bits per heavy atom. The third kappa shape index (κ3) is 4.70. The Labute approximate surface area is 107 Å². The number of carbonyl (C=O) groups is 1. The fourth-order valence-corrected chi connectivity index (χ4v) is 1.47. The van der Waals surface area contributed by atoms with Crippen LogP contribution in [0.5, 0.6) is 0 Å². The number of carbonyl (C=O) groups excluding carboxylic acids is 1. The molecule has 0 aliphatic carbocycles. The summed E-state index contributed by atoms with van der Waals surface area (Å²) in [6, 6.07) is 0. The molecule has 1 saturated heterocycles. The summed E-state index contributed by atoms with van der Waals surface area (Å²) in [6.07, 6.45) is -4.06. The monoisotopic (exact) mass is 286 g/mol. The fourth-order valence-electron chi connectivity index (χ4n) is 1.47. The van der Waals surface area contributed by atoms with Crippen molar-refractivity contribution in [2.75, 3.05) is 13.2 Å². The van der Waals surface area contributed by atoms with Crippen molar-refractivity contribution >= 4 is 6.16 Å². The first kappa shape index (κ1) is 15.7. The van der Waals surface area contributed by atoms with E-state index in [0.717, 1.165) is 6.42 Å². The number of rotatable bonds is 6. The number of unbranched alkanes of at least 4 members (excludes halogenated alkanes) is 1. The summed E-state index contributed by atoms with van der Waals surface area (Å²) in [4.78, 5) is 10.9. The minimum absolute atomic E-state index is 0.215. The zero-order valence-electron chi connectivity index (χ0n) is 10.3. The number of halogens is 4. The summed E-state index contributed by atoms with van der Waals surface area (Å²) >= 11 is 0. The highest BCUT2D eigenvalue weighted by atomic mass is 19.4. The third-order valence-electron chi connectivity index (χ3n) is 2.47. The van der Waals surface area contributed by atoms with Crippen molar-refractivity contribution in [3.8, 4) is 0 Å². The summed E-state index contributed by atoms with van der Waals surface area (Å²) in [7, 11) is 0. The minimum atomic E-state index is -5.04. The van der Waals surface area contributed by atoms with Gasteiger partial charge in [-0.2, -0.15) is 13.2 Å². The molecule has 0 N–H and O–H groups in total. The van der Waals surface area contributed by atoms with Crippen LogP contribution in [0.4, 0.5) is 22.4 Å². The van der Waals surface area contributed by atoms with Gasteiger partial charge in [-0.05, 0) is 12.5 Å². The molecule has 0 aromatic rings. The van der Waals surface area contributed by atoms with Gasteiger partial charge in [0.2, 0.25) is 5.83 Å². The highest BCUT2D eigenvalue weighted by Gasteiger charge is 2.43. The van der Waals surface area contributed by atoms with Crippen LogP contribution in [-0.4, -0.2) is 31.3 Å². The molecule has 0 bridgehead atoms. The molecule has 19 heavy (non-hydrogen) atoms. The predicted octanol–water partition coefficient (Wildman–Crippen LogP) is 3.47. The van der Waals surface area contributed by atoms with Crippen molar-refractivity contribution < 1.29 is 36.6 Å². The maximum Gasteiger partial charge on any atom is 0.511 e. The lowest BCUT2D eigenvalue weighted by molar-refractivity contribution is -0.178. The Morgan fingerprint density at radius 1 is 1.53 bits per heavy atom. The normalized spacial score (nSPS) is 24.3. The van der Waals surface area contributed by atoms with Gasteiger partial charge in [-0.1, -0.05) is 13.3 Å². The van der Waals surface area contributed by atoms with Crippen LogP contribution in [0.25, 0.3) is 0 Å². The Bertz CT molecular complexity index is 353. The van der Waals surface area contributed by atoms with Gasteiger partial charge in [0.25, 0.3) is 5.79 Å². The maximum atomic E-state index is 12.6. The van der Waals surface area contributed by atoms with Gasteiger partial charge >= 0.3 is 12.3 Å². The molecule has 1 rings (SSSR count). The second kappa shape index (κ2) is 6.23. The summed E-state index contributed by atoms with van der Waals surface area (Å²) in [5.41, 5.74) is 0. The molecule has 0 radical (unpaired) electrons. The second-order valence-electron chi connectivity index (χ2n) is 4.02. The van der Waals surface area contributed by atoms with Crippen molar-refractivity contribution in [3.63, 3.8) is 0 Å². The summed E-state index contributed by atoms with van der Waals surface area (Å²) in [5.74, 6) is -3.67. The first-order valence-corrected chi connectivity index (χ1v) is 5.72. The highest BCUT2D eigenvalue weighted by Crippen LogP contribution is 2.29. The summed E-state index contributed by atoms with van der Waals surface area (Å²) < 4.78 is 62.7. The summed E-state index contributed by atoms with van der Waals surface area (Å²) in [5, 5.41) is 0. The van der Waals surface area contributed by atoms with Crippen LogP contribution in [0.3, 0.4) is 0 Å². The molecule has 1 heterocycles. The maximum absolute atomic E-state index is 12.6. The van der Waals surface area contributed by atoms with Crippen LogP contribution in [0, 0.1) is 0 Å². The lowest BCUT2D eigenvalue weighted by Crippen LogP contribution is -2.35. The van der Waals surface area contributed by atoms with Gasteiger partial charge in [-0.3, -0.25) is 0 Å². The standard InChI is InChI=1S/C11H14F4O4/c1-2-3-5-10(7-17-9(16)19-10)18-6-4-8(12)11(13,14)15/h4H,2-3,5-7H2,1H3/b8-4+. The van der Waals surface area contributed by atoms with Crippen molar-refractivity contribution in [3.05, 3.63) is 11.9 Å². The highest BCUT2D eigenvalue weighted by molar-refractivity contribution is 5.62. The van der Waals surface area contributed by atoms with E-state index >= 15 is 0 Å². The van der Waals surface area contributed by atoms with Crippen LogP contribution in [0.2, 0.25) is 0 Å². The van der Waals surface area contributed by atoms with E-state index in [4.69, 9.17) is 9.47 Å². The molecule has 1 atom stereocenters. The molecule has 1 fully saturated rings. The Morgan fingerprint density at radius 2 is 2.21 bits per heavy atom. The quantitative estimate of drug-likeness (QED) is 0.554.